The monoisotopic (exact) mass is 256 g/mol. The fourth-order valence-electron chi connectivity index (χ4n) is 0.459. The van der Waals surface area contributed by atoms with Crippen molar-refractivity contribution in [3.63, 3.8) is 0 Å². The van der Waals surface area contributed by atoms with E-state index in [2.05, 4.69) is 0 Å². The summed E-state index contributed by atoms with van der Waals surface area (Å²) in [5, 5.41) is -0.0694. The van der Waals surface area contributed by atoms with Gasteiger partial charge in [-0.25, -0.2) is 0 Å². The van der Waals surface area contributed by atoms with Gasteiger partial charge in [-0.3, -0.25) is 0 Å². The molecule has 0 spiro atoms. The fourth-order valence-corrected chi connectivity index (χ4v) is 1.83. The average Bonchev–Trinajstić information content (AvgIpc) is 1.83. The molecule has 0 aromatic carbocycles. The number of hydrogen-bond donors (Lipinski definition) is 0. The zero-order valence-electron chi connectivity index (χ0n) is 5.79. The Bertz CT molecular complexity index is 139. The van der Waals surface area contributed by atoms with Crippen molar-refractivity contribution in [2.24, 2.45) is 0 Å². The summed E-state index contributed by atoms with van der Waals surface area (Å²) in [7, 11) is 0. The van der Waals surface area contributed by atoms with Gasteiger partial charge in [0.1, 0.15) is 0 Å². The Balaban J connectivity index is 0. The normalized spacial score (nSPS) is 29.8. The average molecular weight is 257 g/mol. The van der Waals surface area contributed by atoms with Crippen LogP contribution in [0.4, 0.5) is 0 Å². The molecule has 44 valence electrons. The molecule has 10 heavy (non-hydrogen) atoms. The van der Waals surface area contributed by atoms with Crippen LogP contribution in [0.25, 0.3) is 0 Å². The van der Waals surface area contributed by atoms with Crippen molar-refractivity contribution in [2.75, 3.05) is 0 Å². The van der Waals surface area contributed by atoms with Crippen LogP contribution >= 0.6 is 24.4 Å². The molecule has 0 aliphatic heterocycles. The van der Waals surface area contributed by atoms with Gasteiger partial charge in [-0.1, -0.05) is 24.4 Å². The molecule has 1 aliphatic carbocycles. The zero-order chi connectivity index (χ0) is 6.31. The molecule has 1 fully saturated rings. The Morgan fingerprint density at radius 3 is 1.20 bits per heavy atom. The molecule has 2 atom stereocenters. The van der Waals surface area contributed by atoms with Gasteiger partial charge in [0.15, 0.2) is 0 Å². The minimum atomic E-state index is -0.0347. The van der Waals surface area contributed by atoms with Crippen LogP contribution in [0.5, 0.6) is 0 Å². The molecule has 0 radical (unpaired) electrons. The first-order valence-corrected chi connectivity index (χ1v) is 3.80. The molecule has 0 aromatic heterocycles. The van der Waals surface area contributed by atoms with Crippen LogP contribution in [0.15, 0.2) is 0 Å². The predicted molar refractivity (Wildman–Crippen MR) is 47.5 cm³/mol. The maximum atomic E-state index is 4.86. The molecule has 0 bridgehead atoms. The van der Waals surface area contributed by atoms with Crippen LogP contribution < -0.4 is 103 Å². The molecular weight excluding hydrogens is 255 g/mol. The van der Waals surface area contributed by atoms with E-state index in [1.807, 2.05) is 0 Å². The van der Waals surface area contributed by atoms with E-state index in [1.165, 1.54) is 0 Å². The van der Waals surface area contributed by atoms with Gasteiger partial charge in [0.05, 0.1) is 0 Å². The second kappa shape index (κ2) is 7.45. The maximum Gasteiger partial charge on any atom is 1.00 e. The Labute approximate surface area is 168 Å². The largest absolute Gasteiger partial charge is 1.00 e. The van der Waals surface area contributed by atoms with E-state index >= 15 is 0 Å². The van der Waals surface area contributed by atoms with Gasteiger partial charge in [-0.15, -0.1) is 10.5 Å². The molecule has 1 saturated carbocycles. The van der Waals surface area contributed by atoms with Crippen LogP contribution in [0.1, 0.15) is 0 Å². The van der Waals surface area contributed by atoms with Crippen molar-refractivity contribution in [1.82, 2.24) is 0 Å². The third-order valence-corrected chi connectivity index (χ3v) is 3.60. The van der Waals surface area contributed by atoms with Gasteiger partial charge >= 0.3 is 103 Å². The van der Waals surface area contributed by atoms with E-state index in [4.69, 9.17) is 49.7 Å². The predicted octanol–water partition coefficient (Wildman–Crippen LogP) is -5.42. The summed E-state index contributed by atoms with van der Waals surface area (Å²) in [5.41, 5.74) is 0. The molecule has 0 nitrogen and oxygen atoms in total. The van der Waals surface area contributed by atoms with Gasteiger partial charge in [0.2, 0.25) is 0 Å². The van der Waals surface area contributed by atoms with E-state index < -0.39 is 0 Å². The Morgan fingerprint density at radius 1 is 0.900 bits per heavy atom. The third-order valence-electron chi connectivity index (χ3n) is 1.03. The summed E-state index contributed by atoms with van der Waals surface area (Å²) in [4.78, 5) is 1.44. The summed E-state index contributed by atoms with van der Waals surface area (Å²) >= 11 is 19.3. The molecule has 1 aliphatic rings. The second-order valence-corrected chi connectivity index (χ2v) is 3.47. The minimum absolute atomic E-state index is 0. The van der Waals surface area contributed by atoms with Crippen molar-refractivity contribution in [1.29, 1.82) is 0 Å². The Morgan fingerprint density at radius 2 is 1.10 bits per heavy atom. The Kier molecular flexibility index (Phi) is 12.3. The van der Waals surface area contributed by atoms with E-state index in [0.29, 0.717) is 0 Å². The zero-order valence-corrected chi connectivity index (χ0v) is 15.3. The third kappa shape index (κ3) is 3.72. The molecule has 1 rings (SSSR count). The first-order chi connectivity index (χ1) is 3.64. The molecule has 0 saturated heterocycles. The number of thiocarbonyl (C=S) groups is 2. The van der Waals surface area contributed by atoms with E-state index in [1.54, 1.807) is 0 Å². The van der Waals surface area contributed by atoms with Gasteiger partial charge in [-0.05, 0) is 0 Å². The summed E-state index contributed by atoms with van der Waals surface area (Å²) in [6.07, 6.45) is 0. The van der Waals surface area contributed by atoms with Gasteiger partial charge in [0, 0.05) is 9.73 Å². The Hall–Kier alpha value is 4.15. The molecule has 2 unspecified atom stereocenters. The second-order valence-electron chi connectivity index (χ2n) is 1.57. The molecular formula is C4H2K2S4. The first kappa shape index (κ1) is 16.6. The summed E-state index contributed by atoms with van der Waals surface area (Å²) in [6.45, 7) is 0. The molecule has 0 N–H and O–H groups in total. The summed E-state index contributed by atoms with van der Waals surface area (Å²) < 4.78 is 0. The standard InChI is InChI=1S/C4H4S4.2K/c5-1-2(6)4(8)3(1)7;;/h1-2,5-6H;;/q;2*+1/p-2. The van der Waals surface area contributed by atoms with Gasteiger partial charge < -0.3 is 25.3 Å². The summed E-state index contributed by atoms with van der Waals surface area (Å²) in [6, 6.07) is 0. The van der Waals surface area contributed by atoms with Crippen LogP contribution in [0.2, 0.25) is 0 Å². The molecule has 0 aromatic rings. The van der Waals surface area contributed by atoms with Crippen molar-refractivity contribution in [2.45, 2.75) is 10.5 Å². The SMILES string of the molecule is S=C1C(=S)C([S-])C1[S-].[K+].[K+]. The number of rotatable bonds is 0. The van der Waals surface area contributed by atoms with E-state index in [9.17, 15) is 0 Å². The van der Waals surface area contributed by atoms with Crippen molar-refractivity contribution >= 4 is 59.4 Å². The van der Waals surface area contributed by atoms with Crippen LogP contribution in [-0.2, 0) is 25.3 Å². The molecule has 0 amide bonds. The molecule has 0 heterocycles. The minimum Gasteiger partial charge on any atom is -0.785 e. The van der Waals surface area contributed by atoms with Crippen molar-refractivity contribution in [3.05, 3.63) is 0 Å². The number of hydrogen-bond acceptors (Lipinski definition) is 4. The smallest absolute Gasteiger partial charge is 0.785 e. The van der Waals surface area contributed by atoms with E-state index in [0.717, 1.165) is 9.73 Å². The van der Waals surface area contributed by atoms with Crippen LogP contribution in [-0.4, -0.2) is 20.2 Å². The quantitative estimate of drug-likeness (QED) is 0.241. The summed E-state index contributed by atoms with van der Waals surface area (Å²) in [5.74, 6) is 0. The van der Waals surface area contributed by atoms with Gasteiger partial charge in [0.25, 0.3) is 0 Å². The van der Waals surface area contributed by atoms with Crippen molar-refractivity contribution in [3.8, 4) is 0 Å². The fraction of sp³-hybridized carbons (Fsp3) is 0.500. The topological polar surface area (TPSA) is 0 Å². The first-order valence-electron chi connectivity index (χ1n) is 2.04. The van der Waals surface area contributed by atoms with E-state index in [-0.39, 0.29) is 113 Å². The van der Waals surface area contributed by atoms with Crippen LogP contribution in [0, 0.1) is 0 Å². The van der Waals surface area contributed by atoms with Crippen LogP contribution in [0.3, 0.4) is 0 Å². The molecule has 6 heteroatoms. The maximum absolute atomic E-state index is 4.86. The van der Waals surface area contributed by atoms with Gasteiger partial charge in [-0.2, -0.15) is 0 Å². The van der Waals surface area contributed by atoms with Crippen molar-refractivity contribution < 1.29 is 103 Å².